The van der Waals surface area contributed by atoms with Crippen LogP contribution in [0.4, 0.5) is 0 Å². The van der Waals surface area contributed by atoms with Crippen LogP contribution in [0.15, 0.2) is 23.8 Å². The van der Waals surface area contributed by atoms with Gasteiger partial charge in [0.05, 0.1) is 12.5 Å². The predicted molar refractivity (Wildman–Crippen MR) is 144 cm³/mol. The minimum Gasteiger partial charge on any atom is -0.487 e. The van der Waals surface area contributed by atoms with Crippen molar-refractivity contribution >= 4 is 11.9 Å². The van der Waals surface area contributed by atoms with Crippen LogP contribution >= 0.6 is 0 Å². The van der Waals surface area contributed by atoms with Crippen molar-refractivity contribution in [2.75, 3.05) is 7.11 Å². The number of methoxy groups -OCH3 is 1. The molecule has 36 heavy (non-hydrogen) atoms. The quantitative estimate of drug-likeness (QED) is 0.159. The molecule has 0 fully saturated rings. The molecule has 1 heterocycles. The molecule has 0 saturated carbocycles. The Morgan fingerprint density at radius 2 is 1.78 bits per heavy atom. The van der Waals surface area contributed by atoms with Gasteiger partial charge in [-0.3, -0.25) is 9.59 Å². The highest BCUT2D eigenvalue weighted by Crippen LogP contribution is 2.55. The highest BCUT2D eigenvalue weighted by molar-refractivity contribution is 5.78. The number of unbranched alkanes of at least 4 members (excludes halogenated alkanes) is 2. The maximum Gasteiger partial charge on any atom is 0.316 e. The second kappa shape index (κ2) is 10.6. The average molecular weight is 499 g/mol. The van der Waals surface area contributed by atoms with Gasteiger partial charge < -0.3 is 14.2 Å². The summed E-state index contributed by atoms with van der Waals surface area (Å²) in [6.07, 6.45) is 8.46. The van der Waals surface area contributed by atoms with Crippen molar-refractivity contribution < 1.29 is 23.8 Å². The summed E-state index contributed by atoms with van der Waals surface area (Å²) in [4.78, 5) is 24.5. The number of carbonyl (C=O) groups is 2. The van der Waals surface area contributed by atoms with Gasteiger partial charge in [-0.1, -0.05) is 38.3 Å². The average Bonchev–Trinajstić information content (AvgIpc) is 2.76. The molecule has 1 unspecified atom stereocenters. The molecule has 1 aromatic rings. The Balaban J connectivity index is 1.96. The van der Waals surface area contributed by atoms with Crippen LogP contribution in [0.2, 0.25) is 0 Å². The molecule has 0 amide bonds. The second-order valence-electron chi connectivity index (χ2n) is 13.0. The van der Waals surface area contributed by atoms with E-state index in [4.69, 9.17) is 14.2 Å². The van der Waals surface area contributed by atoms with Crippen molar-refractivity contribution in [3.05, 3.63) is 34.9 Å². The zero-order valence-electron chi connectivity index (χ0n) is 23.9. The maximum absolute atomic E-state index is 13.0. The Kier molecular flexibility index (Phi) is 8.32. The van der Waals surface area contributed by atoms with Gasteiger partial charge in [-0.25, -0.2) is 0 Å². The largest absolute Gasteiger partial charge is 0.487 e. The van der Waals surface area contributed by atoms with Crippen molar-refractivity contribution in [3.8, 4) is 11.5 Å². The van der Waals surface area contributed by atoms with Crippen LogP contribution in [0.5, 0.6) is 11.5 Å². The van der Waals surface area contributed by atoms with Gasteiger partial charge >= 0.3 is 11.9 Å². The molecular weight excluding hydrogens is 452 g/mol. The molecule has 2 atom stereocenters. The van der Waals surface area contributed by atoms with E-state index in [0.29, 0.717) is 18.1 Å². The summed E-state index contributed by atoms with van der Waals surface area (Å²) < 4.78 is 17.6. The van der Waals surface area contributed by atoms with Gasteiger partial charge in [0.15, 0.2) is 0 Å². The maximum atomic E-state index is 13.0. The molecule has 5 heteroatoms. The Bertz CT molecular complexity index is 1010. The van der Waals surface area contributed by atoms with E-state index < -0.39 is 5.41 Å². The fraction of sp³-hybridized carbons (Fsp3) is 0.677. The normalized spacial score (nSPS) is 21.0. The summed E-state index contributed by atoms with van der Waals surface area (Å²) in [5.41, 5.74) is 2.48. The van der Waals surface area contributed by atoms with E-state index >= 15 is 0 Å². The second-order valence-corrected chi connectivity index (χ2v) is 13.0. The molecular formula is C31H46O5. The number of carbonyl (C=O) groups excluding carboxylic acids is 2. The molecule has 0 spiro atoms. The van der Waals surface area contributed by atoms with Gasteiger partial charge in [0.2, 0.25) is 0 Å². The molecule has 1 aliphatic heterocycles. The number of ether oxygens (including phenoxy) is 3. The first kappa shape index (κ1) is 28.3. The molecule has 0 radical (unpaired) electrons. The summed E-state index contributed by atoms with van der Waals surface area (Å²) in [6.45, 7) is 16.7. The standard InChI is InChI=1S/C31H46O5/c1-20-14-15-23-22(17-20)27-24(35-28(33)29(2,3)4)18-21(19-25(27)36-31(23,7)8)30(5,6)16-12-10-11-13-26(32)34-9/h14,18-19,22-23H,10-13,15-17H2,1-9H3/t22?,23-/m1/s1. The van der Waals surface area contributed by atoms with Gasteiger partial charge in [-0.2, -0.15) is 0 Å². The first-order chi connectivity index (χ1) is 16.7. The number of allylic oxidation sites excluding steroid dienone is 2. The fourth-order valence-corrected chi connectivity index (χ4v) is 5.53. The zero-order valence-corrected chi connectivity index (χ0v) is 23.9. The number of esters is 2. The third-order valence-corrected chi connectivity index (χ3v) is 8.00. The summed E-state index contributed by atoms with van der Waals surface area (Å²) in [6, 6.07) is 4.27. The van der Waals surface area contributed by atoms with Gasteiger partial charge in [0, 0.05) is 23.8 Å². The van der Waals surface area contributed by atoms with Crippen LogP contribution < -0.4 is 9.47 Å². The lowest BCUT2D eigenvalue weighted by Gasteiger charge is -2.47. The lowest BCUT2D eigenvalue weighted by atomic mass is 9.66. The first-order valence-electron chi connectivity index (χ1n) is 13.5. The first-order valence-corrected chi connectivity index (χ1v) is 13.5. The van der Waals surface area contributed by atoms with E-state index in [-0.39, 0.29) is 28.9 Å². The topological polar surface area (TPSA) is 61.8 Å². The minimum atomic E-state index is -0.603. The molecule has 0 bridgehead atoms. The van der Waals surface area contributed by atoms with Crippen molar-refractivity contribution in [1.29, 1.82) is 0 Å². The number of fused-ring (bicyclic) bond motifs is 3. The monoisotopic (exact) mass is 498 g/mol. The molecule has 1 aliphatic carbocycles. The van der Waals surface area contributed by atoms with E-state index in [1.54, 1.807) is 0 Å². The summed E-state index contributed by atoms with van der Waals surface area (Å²) >= 11 is 0. The van der Waals surface area contributed by atoms with E-state index in [2.05, 4.69) is 52.8 Å². The Morgan fingerprint density at radius 3 is 2.42 bits per heavy atom. The molecule has 200 valence electrons. The van der Waals surface area contributed by atoms with Crippen LogP contribution in [0.25, 0.3) is 0 Å². The lowest BCUT2D eigenvalue weighted by molar-refractivity contribution is -0.143. The van der Waals surface area contributed by atoms with Crippen molar-refractivity contribution in [2.24, 2.45) is 11.3 Å². The van der Waals surface area contributed by atoms with Crippen LogP contribution in [0.1, 0.15) is 117 Å². The zero-order chi connectivity index (χ0) is 26.9. The van der Waals surface area contributed by atoms with Gasteiger partial charge in [-0.05, 0) is 90.3 Å². The number of hydrogen-bond acceptors (Lipinski definition) is 5. The van der Waals surface area contributed by atoms with Crippen LogP contribution in [-0.4, -0.2) is 24.6 Å². The predicted octanol–water partition coefficient (Wildman–Crippen LogP) is 7.65. The smallest absolute Gasteiger partial charge is 0.316 e. The lowest BCUT2D eigenvalue weighted by Crippen LogP contribution is -2.45. The number of benzene rings is 1. The Hall–Kier alpha value is -2.30. The number of hydrogen-bond donors (Lipinski definition) is 0. The number of rotatable bonds is 8. The minimum absolute atomic E-state index is 0.143. The van der Waals surface area contributed by atoms with Crippen molar-refractivity contribution in [1.82, 2.24) is 0 Å². The molecule has 2 aliphatic rings. The van der Waals surface area contributed by atoms with E-state index in [0.717, 1.165) is 55.4 Å². The van der Waals surface area contributed by atoms with Crippen molar-refractivity contribution in [2.45, 2.75) is 117 Å². The summed E-state index contributed by atoms with van der Waals surface area (Å²) in [5, 5.41) is 0. The molecule has 3 rings (SSSR count). The summed E-state index contributed by atoms with van der Waals surface area (Å²) in [7, 11) is 1.43. The third-order valence-electron chi connectivity index (χ3n) is 8.00. The highest BCUT2D eigenvalue weighted by Gasteiger charge is 2.46. The van der Waals surface area contributed by atoms with E-state index in [9.17, 15) is 9.59 Å². The van der Waals surface area contributed by atoms with Gasteiger partial charge in [-0.15, -0.1) is 0 Å². The van der Waals surface area contributed by atoms with E-state index in [1.807, 2.05) is 20.8 Å². The van der Waals surface area contributed by atoms with Gasteiger partial charge in [0.25, 0.3) is 0 Å². The molecule has 0 saturated heterocycles. The Morgan fingerprint density at radius 1 is 1.08 bits per heavy atom. The third kappa shape index (κ3) is 6.33. The summed E-state index contributed by atoms with van der Waals surface area (Å²) in [5.74, 6) is 1.71. The molecule has 5 nitrogen and oxygen atoms in total. The molecule has 1 aromatic carbocycles. The molecule has 0 aromatic heterocycles. The van der Waals surface area contributed by atoms with Crippen LogP contribution in [0, 0.1) is 11.3 Å². The van der Waals surface area contributed by atoms with E-state index in [1.165, 1.54) is 12.7 Å². The van der Waals surface area contributed by atoms with Crippen LogP contribution in [-0.2, 0) is 19.7 Å². The van der Waals surface area contributed by atoms with Crippen LogP contribution in [0.3, 0.4) is 0 Å². The van der Waals surface area contributed by atoms with Gasteiger partial charge in [0.1, 0.15) is 17.1 Å². The Labute approximate surface area is 218 Å². The SMILES string of the molecule is COC(=O)CCCCCC(C)(C)c1cc(OC(=O)C(C)(C)C)c2c(c1)OC(C)(C)[C@@H]1CC=C(C)CC21. The fourth-order valence-electron chi connectivity index (χ4n) is 5.53. The highest BCUT2D eigenvalue weighted by atomic mass is 16.5. The van der Waals surface area contributed by atoms with Crippen molar-refractivity contribution in [3.63, 3.8) is 0 Å². The molecule has 0 N–H and O–H groups in total.